The van der Waals surface area contributed by atoms with Gasteiger partial charge in [0.15, 0.2) is 0 Å². The lowest BCUT2D eigenvalue weighted by molar-refractivity contribution is -0.00000281. The first-order valence-corrected chi connectivity index (χ1v) is 5.91. The molecule has 0 saturated carbocycles. The summed E-state index contributed by atoms with van der Waals surface area (Å²) < 4.78 is 0. The Morgan fingerprint density at radius 3 is 0.923 bits per heavy atom. The van der Waals surface area contributed by atoms with Crippen molar-refractivity contribution in [2.75, 3.05) is 0 Å². The Morgan fingerprint density at radius 2 is 0.692 bits per heavy atom. The van der Waals surface area contributed by atoms with Crippen LogP contribution in [0.4, 0.5) is 0 Å². The first kappa shape index (κ1) is 16.2. The number of hydrogen-bond donors (Lipinski definition) is 0. The first-order valence-electron chi connectivity index (χ1n) is 5.91. The molecule has 0 saturated heterocycles. The van der Waals surface area contributed by atoms with Crippen LogP contribution in [0, 0.1) is 0 Å². The highest BCUT2D eigenvalue weighted by Crippen LogP contribution is 2.09. The predicted molar refractivity (Wildman–Crippen MR) is 57.5 cm³/mol. The van der Waals surface area contributed by atoms with E-state index in [1.807, 2.05) is 0 Å². The molecule has 0 aromatic carbocycles. The van der Waals surface area contributed by atoms with Crippen LogP contribution in [-0.2, 0) is 0 Å². The van der Waals surface area contributed by atoms with E-state index in [0.29, 0.717) is 0 Å². The molecule has 82 valence electrons. The van der Waals surface area contributed by atoms with Gasteiger partial charge in [0.1, 0.15) is 0 Å². The molecule has 0 aliphatic rings. The summed E-state index contributed by atoms with van der Waals surface area (Å²) in [6.07, 6.45) is 14.4. The van der Waals surface area contributed by atoms with Gasteiger partial charge in [-0.05, 0) is 0 Å². The van der Waals surface area contributed by atoms with Crippen molar-refractivity contribution < 1.29 is 24.0 Å². The molecule has 0 radical (unpaired) electrons. The zero-order chi connectivity index (χ0) is 9.07. The van der Waals surface area contributed by atoms with Crippen LogP contribution in [0.15, 0.2) is 0 Å². The molecule has 0 unspecified atom stereocenters. The average Bonchev–Trinajstić information content (AvgIpc) is 2.10. The highest BCUT2D eigenvalue weighted by molar-refractivity contribution is 4.45. The van der Waals surface area contributed by atoms with Crippen LogP contribution in [0.1, 0.15) is 78.1 Å². The quantitative estimate of drug-likeness (QED) is 0.451. The maximum atomic E-state index is 2.28. The van der Waals surface area contributed by atoms with Crippen molar-refractivity contribution in [2.45, 2.75) is 78.1 Å². The normalized spacial score (nSPS) is 9.69. The summed E-state index contributed by atoms with van der Waals surface area (Å²) >= 11 is 0. The summed E-state index contributed by atoms with van der Waals surface area (Å²) in [6.45, 7) is 4.56. The third kappa shape index (κ3) is 15.5. The lowest BCUT2D eigenvalue weighted by Gasteiger charge is -1.99. The van der Waals surface area contributed by atoms with E-state index in [0.717, 1.165) is 0 Å². The molecule has 0 fully saturated rings. The van der Waals surface area contributed by atoms with E-state index in [4.69, 9.17) is 0 Å². The van der Waals surface area contributed by atoms with Gasteiger partial charge in [0.05, 0.1) is 0 Å². The summed E-state index contributed by atoms with van der Waals surface area (Å²) in [5.74, 6) is 0. The molecule has 0 aliphatic heterocycles. The van der Waals surface area contributed by atoms with Gasteiger partial charge in [0.25, 0.3) is 0 Å². The van der Waals surface area contributed by atoms with Gasteiger partial charge >= 0.3 is 0 Å². The van der Waals surface area contributed by atoms with Gasteiger partial charge in [-0.1, -0.05) is 78.1 Å². The van der Waals surface area contributed by atoms with Crippen LogP contribution < -0.4 is 24.0 Å². The van der Waals surface area contributed by atoms with Gasteiger partial charge < -0.3 is 24.0 Å². The van der Waals surface area contributed by atoms with E-state index in [1.165, 1.54) is 64.2 Å². The van der Waals surface area contributed by atoms with Crippen molar-refractivity contribution in [2.24, 2.45) is 0 Å². The maximum absolute atomic E-state index is 2.28. The summed E-state index contributed by atoms with van der Waals surface area (Å²) in [7, 11) is 0. The van der Waals surface area contributed by atoms with E-state index in [1.54, 1.807) is 0 Å². The Labute approximate surface area is 102 Å². The van der Waals surface area contributed by atoms with Crippen LogP contribution in [0.3, 0.4) is 0 Å². The molecule has 13 heavy (non-hydrogen) atoms. The van der Waals surface area contributed by atoms with Gasteiger partial charge in [0.2, 0.25) is 0 Å². The fourth-order valence-electron chi connectivity index (χ4n) is 1.56. The van der Waals surface area contributed by atoms with Crippen molar-refractivity contribution in [3.8, 4) is 0 Å². The van der Waals surface area contributed by atoms with Gasteiger partial charge in [-0.2, -0.15) is 0 Å². The van der Waals surface area contributed by atoms with Gasteiger partial charge in [-0.15, -0.1) is 0 Å². The predicted octanol–water partition coefficient (Wildman–Crippen LogP) is 1.93. The Kier molecular flexibility index (Phi) is 18.9. The molecule has 0 amide bonds. The summed E-state index contributed by atoms with van der Waals surface area (Å²) in [6, 6.07) is 0. The molecule has 0 atom stereocenters. The molecular weight excluding hydrogens is 271 g/mol. The van der Waals surface area contributed by atoms with Crippen LogP contribution in [0.5, 0.6) is 0 Å². The second-order valence-corrected chi connectivity index (χ2v) is 3.83. The molecule has 0 aromatic rings. The molecule has 0 spiro atoms. The molecule has 0 rings (SSSR count). The van der Waals surface area contributed by atoms with Crippen LogP contribution in [0.25, 0.3) is 0 Å². The second kappa shape index (κ2) is 15.2. The summed E-state index contributed by atoms with van der Waals surface area (Å²) in [4.78, 5) is 0. The Bertz CT molecular complexity index is 61.5. The van der Waals surface area contributed by atoms with E-state index >= 15 is 0 Å². The third-order valence-electron chi connectivity index (χ3n) is 2.46. The van der Waals surface area contributed by atoms with Gasteiger partial charge in [0, 0.05) is 0 Å². The molecule has 0 aliphatic carbocycles. The average molecular weight is 297 g/mol. The number of unbranched alkanes of at least 4 members (excludes halogenated alkanes) is 9. The standard InChI is InChI=1S/C12H26.HI/c1-3-5-7-9-11-12-10-8-6-4-2;/h3-12H2,1-2H3;1H/p-1. The number of halogens is 1. The fourth-order valence-corrected chi connectivity index (χ4v) is 1.56. The van der Waals surface area contributed by atoms with Crippen molar-refractivity contribution in [1.82, 2.24) is 0 Å². The lowest BCUT2D eigenvalue weighted by atomic mass is 10.1. The highest BCUT2D eigenvalue weighted by atomic mass is 127. The molecule has 0 N–H and O–H groups in total. The van der Waals surface area contributed by atoms with Gasteiger partial charge in [-0.25, -0.2) is 0 Å². The monoisotopic (exact) mass is 297 g/mol. The van der Waals surface area contributed by atoms with Crippen molar-refractivity contribution in [3.05, 3.63) is 0 Å². The minimum Gasteiger partial charge on any atom is -1.00 e. The van der Waals surface area contributed by atoms with Crippen LogP contribution in [-0.4, -0.2) is 0 Å². The smallest absolute Gasteiger partial charge is 0.0533 e. The zero-order valence-electron chi connectivity index (χ0n) is 9.45. The molecule has 1 heteroatoms. The Balaban J connectivity index is 0. The molecule has 0 aromatic heterocycles. The lowest BCUT2D eigenvalue weighted by Crippen LogP contribution is -3.00. The van der Waals surface area contributed by atoms with E-state index < -0.39 is 0 Å². The Morgan fingerprint density at radius 1 is 0.462 bits per heavy atom. The summed E-state index contributed by atoms with van der Waals surface area (Å²) in [5, 5.41) is 0. The van der Waals surface area contributed by atoms with E-state index in [9.17, 15) is 0 Å². The van der Waals surface area contributed by atoms with Crippen molar-refractivity contribution in [3.63, 3.8) is 0 Å². The largest absolute Gasteiger partial charge is 1.00 e. The van der Waals surface area contributed by atoms with Crippen LogP contribution >= 0.6 is 0 Å². The molecular formula is C12H26I-. The summed E-state index contributed by atoms with van der Waals surface area (Å²) in [5.41, 5.74) is 0. The first-order chi connectivity index (χ1) is 5.91. The minimum absolute atomic E-state index is 0. The third-order valence-corrected chi connectivity index (χ3v) is 2.46. The van der Waals surface area contributed by atoms with Crippen molar-refractivity contribution >= 4 is 0 Å². The van der Waals surface area contributed by atoms with E-state index in [-0.39, 0.29) is 24.0 Å². The fraction of sp³-hybridized carbons (Fsp3) is 1.00. The molecule has 0 bridgehead atoms. The second-order valence-electron chi connectivity index (χ2n) is 3.83. The van der Waals surface area contributed by atoms with Crippen LogP contribution in [0.2, 0.25) is 0 Å². The zero-order valence-corrected chi connectivity index (χ0v) is 11.6. The minimum atomic E-state index is 0. The van der Waals surface area contributed by atoms with Crippen molar-refractivity contribution in [1.29, 1.82) is 0 Å². The highest BCUT2D eigenvalue weighted by Gasteiger charge is 1.90. The molecule has 0 heterocycles. The Hall–Kier alpha value is 0.730. The number of rotatable bonds is 9. The van der Waals surface area contributed by atoms with Gasteiger partial charge in [-0.3, -0.25) is 0 Å². The van der Waals surface area contributed by atoms with E-state index in [2.05, 4.69) is 13.8 Å². The SMILES string of the molecule is CCCCCCCCCCCC.[I-]. The topological polar surface area (TPSA) is 0 Å². The molecule has 0 nitrogen and oxygen atoms in total. The number of hydrogen-bond acceptors (Lipinski definition) is 0. The maximum Gasteiger partial charge on any atom is -0.0533 e.